The van der Waals surface area contributed by atoms with E-state index in [4.69, 9.17) is 9.47 Å². The number of aliphatic hydroxyl groups is 1. The molecule has 34 heavy (non-hydrogen) atoms. The highest BCUT2D eigenvalue weighted by atomic mass is 16.6. The third-order valence-corrected chi connectivity index (χ3v) is 6.23. The highest BCUT2D eigenvalue weighted by Gasteiger charge is 2.45. The van der Waals surface area contributed by atoms with Crippen LogP contribution < -0.4 is 9.47 Å². The summed E-state index contributed by atoms with van der Waals surface area (Å²) < 4.78 is 11.2. The second-order valence-electron chi connectivity index (χ2n) is 8.50. The van der Waals surface area contributed by atoms with Crippen molar-refractivity contribution in [3.05, 3.63) is 101 Å². The van der Waals surface area contributed by atoms with Crippen molar-refractivity contribution in [3.63, 3.8) is 0 Å². The number of amides is 1. The Morgan fingerprint density at radius 2 is 1.65 bits per heavy atom. The number of ether oxygens (including phenoxy) is 2. The molecule has 0 spiro atoms. The van der Waals surface area contributed by atoms with E-state index in [1.54, 1.807) is 23.1 Å². The molecular weight excluding hydrogens is 430 g/mol. The maximum Gasteiger partial charge on any atom is 0.295 e. The number of fused-ring (bicyclic) bond motifs is 1. The predicted molar refractivity (Wildman–Crippen MR) is 128 cm³/mol. The minimum atomic E-state index is -0.689. The fraction of sp³-hybridized carbons (Fsp3) is 0.214. The van der Waals surface area contributed by atoms with Gasteiger partial charge in [0.2, 0.25) is 0 Å². The van der Waals surface area contributed by atoms with E-state index < -0.39 is 17.7 Å². The van der Waals surface area contributed by atoms with Crippen LogP contribution in [-0.4, -0.2) is 41.5 Å². The Labute approximate surface area is 198 Å². The molecule has 3 aromatic carbocycles. The van der Waals surface area contributed by atoms with Crippen LogP contribution in [0.3, 0.4) is 0 Å². The molecule has 0 aliphatic carbocycles. The fourth-order valence-electron chi connectivity index (χ4n) is 4.45. The highest BCUT2D eigenvalue weighted by molar-refractivity contribution is 6.46. The first-order valence-electron chi connectivity index (χ1n) is 11.3. The van der Waals surface area contributed by atoms with Crippen LogP contribution in [0.5, 0.6) is 11.5 Å². The van der Waals surface area contributed by atoms with E-state index in [2.05, 4.69) is 0 Å². The SMILES string of the molecule is Cc1ccc([C@H]2C(=C(O)c3ccc4c(c3)OCCO4)C(=O)C(=O)N2CCc2ccccc2)cc1. The van der Waals surface area contributed by atoms with Gasteiger partial charge in [0.15, 0.2) is 11.5 Å². The van der Waals surface area contributed by atoms with Crippen LogP contribution in [0.4, 0.5) is 0 Å². The van der Waals surface area contributed by atoms with Gasteiger partial charge in [0.1, 0.15) is 19.0 Å². The lowest BCUT2D eigenvalue weighted by molar-refractivity contribution is -0.139. The Morgan fingerprint density at radius 1 is 0.941 bits per heavy atom. The molecule has 0 unspecified atom stereocenters. The first-order valence-corrected chi connectivity index (χ1v) is 11.3. The van der Waals surface area contributed by atoms with Gasteiger partial charge in [-0.15, -0.1) is 0 Å². The summed E-state index contributed by atoms with van der Waals surface area (Å²) in [6.07, 6.45) is 0.598. The molecule has 2 heterocycles. The van der Waals surface area contributed by atoms with Crippen molar-refractivity contribution >= 4 is 17.4 Å². The van der Waals surface area contributed by atoms with E-state index in [-0.39, 0.29) is 11.3 Å². The molecule has 0 radical (unpaired) electrons. The zero-order valence-electron chi connectivity index (χ0n) is 18.9. The van der Waals surface area contributed by atoms with Crippen LogP contribution in [0.2, 0.25) is 0 Å². The van der Waals surface area contributed by atoms with Gasteiger partial charge in [-0.25, -0.2) is 0 Å². The number of carbonyl (C=O) groups excluding carboxylic acids is 2. The molecule has 2 aliphatic heterocycles. The quantitative estimate of drug-likeness (QED) is 0.350. The van der Waals surface area contributed by atoms with Crippen molar-refractivity contribution in [1.29, 1.82) is 0 Å². The number of aliphatic hydroxyl groups excluding tert-OH is 1. The summed E-state index contributed by atoms with van der Waals surface area (Å²) in [6.45, 7) is 3.19. The van der Waals surface area contributed by atoms with Gasteiger partial charge >= 0.3 is 0 Å². The molecule has 0 saturated carbocycles. The number of hydrogen-bond donors (Lipinski definition) is 1. The molecule has 3 aromatic rings. The normalized spacial score (nSPS) is 18.9. The number of nitrogens with zero attached hydrogens (tertiary/aromatic N) is 1. The Balaban J connectivity index is 1.57. The molecule has 1 fully saturated rings. The van der Waals surface area contributed by atoms with Crippen molar-refractivity contribution < 1.29 is 24.2 Å². The highest BCUT2D eigenvalue weighted by Crippen LogP contribution is 2.41. The number of carbonyl (C=O) groups is 2. The zero-order chi connectivity index (χ0) is 23.7. The molecule has 5 rings (SSSR count). The van der Waals surface area contributed by atoms with Crippen LogP contribution in [0.25, 0.3) is 5.76 Å². The topological polar surface area (TPSA) is 76.1 Å². The Hall–Kier alpha value is -4.06. The Morgan fingerprint density at radius 3 is 2.38 bits per heavy atom. The largest absolute Gasteiger partial charge is 0.507 e. The second-order valence-corrected chi connectivity index (χ2v) is 8.50. The molecule has 2 aliphatic rings. The summed E-state index contributed by atoms with van der Waals surface area (Å²) in [5.41, 5.74) is 3.40. The summed E-state index contributed by atoms with van der Waals surface area (Å²) >= 11 is 0. The number of benzene rings is 3. The van der Waals surface area contributed by atoms with Gasteiger partial charge in [-0.1, -0.05) is 60.2 Å². The number of aryl methyl sites for hydroxylation is 1. The molecule has 0 bridgehead atoms. The van der Waals surface area contributed by atoms with Gasteiger partial charge in [0, 0.05) is 12.1 Å². The summed E-state index contributed by atoms with van der Waals surface area (Å²) in [6, 6.07) is 21.8. The molecule has 0 aromatic heterocycles. The van der Waals surface area contributed by atoms with E-state index in [1.807, 2.05) is 61.5 Å². The zero-order valence-corrected chi connectivity index (χ0v) is 18.9. The molecule has 1 atom stereocenters. The number of ketones is 1. The number of Topliss-reactive ketones (excluding diaryl/α,β-unsaturated/α-hetero) is 1. The van der Waals surface area contributed by atoms with Gasteiger partial charge in [-0.05, 0) is 42.7 Å². The first-order chi connectivity index (χ1) is 16.5. The third kappa shape index (κ3) is 4.03. The molecule has 6 heteroatoms. The summed E-state index contributed by atoms with van der Waals surface area (Å²) in [5.74, 6) is -0.434. The van der Waals surface area contributed by atoms with Gasteiger partial charge < -0.3 is 19.5 Å². The summed E-state index contributed by atoms with van der Waals surface area (Å²) in [7, 11) is 0. The minimum Gasteiger partial charge on any atom is -0.507 e. The van der Waals surface area contributed by atoms with Gasteiger partial charge in [-0.2, -0.15) is 0 Å². The van der Waals surface area contributed by atoms with Crippen molar-refractivity contribution in [1.82, 2.24) is 4.90 Å². The average molecular weight is 456 g/mol. The molecule has 1 amide bonds. The van der Waals surface area contributed by atoms with E-state index in [1.165, 1.54) is 0 Å². The molecule has 1 N–H and O–H groups in total. The second kappa shape index (κ2) is 9.06. The standard InChI is InChI=1S/C28H25NO5/c1-18-7-9-20(10-8-18)25-24(26(30)21-11-12-22-23(17-21)34-16-15-33-22)27(31)28(32)29(25)14-13-19-5-3-2-4-6-19/h2-12,17,25,30H,13-16H2,1H3/t25-/m0/s1. The van der Waals surface area contributed by atoms with E-state index in [0.717, 1.165) is 16.7 Å². The monoisotopic (exact) mass is 455 g/mol. The lowest BCUT2D eigenvalue weighted by atomic mass is 9.94. The van der Waals surface area contributed by atoms with Gasteiger partial charge in [-0.3, -0.25) is 9.59 Å². The van der Waals surface area contributed by atoms with Gasteiger partial charge in [0.05, 0.1) is 11.6 Å². The summed E-state index contributed by atoms with van der Waals surface area (Å²) in [5, 5.41) is 11.3. The molecule has 1 saturated heterocycles. The lowest BCUT2D eigenvalue weighted by Crippen LogP contribution is -2.31. The van der Waals surface area contributed by atoms with Crippen LogP contribution in [0.15, 0.2) is 78.4 Å². The summed E-state index contributed by atoms with van der Waals surface area (Å²) in [4.78, 5) is 27.9. The van der Waals surface area contributed by atoms with E-state index >= 15 is 0 Å². The van der Waals surface area contributed by atoms with E-state index in [9.17, 15) is 14.7 Å². The Bertz CT molecular complexity index is 1260. The van der Waals surface area contributed by atoms with Crippen LogP contribution in [-0.2, 0) is 16.0 Å². The maximum absolute atomic E-state index is 13.2. The van der Waals surface area contributed by atoms with Crippen molar-refractivity contribution in [2.45, 2.75) is 19.4 Å². The predicted octanol–water partition coefficient (Wildman–Crippen LogP) is 4.43. The fourth-order valence-corrected chi connectivity index (χ4v) is 4.45. The lowest BCUT2D eigenvalue weighted by Gasteiger charge is -2.25. The smallest absolute Gasteiger partial charge is 0.295 e. The molecule has 6 nitrogen and oxygen atoms in total. The molecule has 172 valence electrons. The van der Waals surface area contributed by atoms with Crippen LogP contribution in [0, 0.1) is 6.92 Å². The third-order valence-electron chi connectivity index (χ3n) is 6.23. The molecular formula is C28H25NO5. The number of likely N-dealkylation sites (tertiary alicyclic amines) is 1. The average Bonchev–Trinajstić information content (AvgIpc) is 3.12. The van der Waals surface area contributed by atoms with Crippen LogP contribution in [0.1, 0.15) is 28.3 Å². The Kier molecular flexibility index (Phi) is 5.80. The maximum atomic E-state index is 13.2. The minimum absolute atomic E-state index is 0.0820. The van der Waals surface area contributed by atoms with Crippen molar-refractivity contribution in [2.24, 2.45) is 0 Å². The van der Waals surface area contributed by atoms with Crippen molar-refractivity contribution in [2.75, 3.05) is 19.8 Å². The number of rotatable bonds is 5. The van der Waals surface area contributed by atoms with Crippen molar-refractivity contribution in [3.8, 4) is 11.5 Å². The van der Waals surface area contributed by atoms with Crippen LogP contribution >= 0.6 is 0 Å². The number of hydrogen-bond acceptors (Lipinski definition) is 5. The van der Waals surface area contributed by atoms with Gasteiger partial charge in [0.25, 0.3) is 11.7 Å². The first kappa shape index (κ1) is 21.8. The van der Waals surface area contributed by atoms with E-state index in [0.29, 0.717) is 43.2 Å².